The summed E-state index contributed by atoms with van der Waals surface area (Å²) in [6, 6.07) is 2.68. The van der Waals surface area contributed by atoms with Crippen LogP contribution in [-0.4, -0.2) is 14.0 Å². The van der Waals surface area contributed by atoms with E-state index in [1.807, 2.05) is 0 Å². The van der Waals surface area contributed by atoms with Gasteiger partial charge in [-0.1, -0.05) is 34.8 Å². The van der Waals surface area contributed by atoms with E-state index in [0.717, 1.165) is 0 Å². The van der Waals surface area contributed by atoms with E-state index in [9.17, 15) is 8.42 Å². The van der Waals surface area contributed by atoms with E-state index in [-0.39, 0.29) is 20.0 Å². The van der Waals surface area contributed by atoms with Gasteiger partial charge in [0.2, 0.25) is 10.0 Å². The third-order valence-corrected chi connectivity index (χ3v) is 4.57. The van der Waals surface area contributed by atoms with Crippen molar-refractivity contribution in [2.24, 2.45) is 0 Å². The fourth-order valence-electron chi connectivity index (χ4n) is 1.24. The van der Waals surface area contributed by atoms with Crippen molar-refractivity contribution in [2.75, 3.05) is 0 Å². The summed E-state index contributed by atoms with van der Waals surface area (Å²) in [5.74, 6) is 0. The van der Waals surface area contributed by atoms with Gasteiger partial charge in [-0.05, 0) is 32.9 Å². The summed E-state index contributed by atoms with van der Waals surface area (Å²) >= 11 is 17.4. The van der Waals surface area contributed by atoms with Gasteiger partial charge in [0.1, 0.15) is 4.90 Å². The molecule has 0 heterocycles. The molecule has 1 aromatic rings. The maximum absolute atomic E-state index is 12.1. The zero-order chi connectivity index (χ0) is 13.4. The summed E-state index contributed by atoms with van der Waals surface area (Å²) in [6.45, 7) is 5.17. The highest BCUT2D eigenvalue weighted by molar-refractivity contribution is 7.89. The molecule has 3 nitrogen and oxygen atoms in total. The lowest BCUT2D eigenvalue weighted by atomic mass is 10.1. The van der Waals surface area contributed by atoms with Crippen LogP contribution in [0.3, 0.4) is 0 Å². The minimum atomic E-state index is -3.77. The Bertz CT molecular complexity index is 512. The molecular weight excluding hydrogens is 305 g/mol. The molecule has 0 saturated heterocycles. The Labute approximate surface area is 116 Å². The molecule has 0 unspecified atom stereocenters. The van der Waals surface area contributed by atoms with Crippen LogP contribution in [0.2, 0.25) is 15.1 Å². The van der Waals surface area contributed by atoms with Crippen LogP contribution in [0.5, 0.6) is 0 Å². The fourth-order valence-corrected chi connectivity index (χ4v) is 4.21. The topological polar surface area (TPSA) is 46.2 Å². The van der Waals surface area contributed by atoms with Crippen LogP contribution in [0.15, 0.2) is 17.0 Å². The first-order chi connectivity index (χ1) is 7.53. The lowest BCUT2D eigenvalue weighted by Gasteiger charge is -2.21. The predicted molar refractivity (Wildman–Crippen MR) is 71.5 cm³/mol. The van der Waals surface area contributed by atoms with Crippen molar-refractivity contribution in [1.29, 1.82) is 0 Å². The SMILES string of the molecule is CC(C)(C)NS(=O)(=O)c1c(Cl)cc(Cl)cc1Cl. The number of rotatable bonds is 2. The molecule has 0 saturated carbocycles. The monoisotopic (exact) mass is 315 g/mol. The van der Waals surface area contributed by atoms with Gasteiger partial charge in [-0.15, -0.1) is 0 Å². The van der Waals surface area contributed by atoms with E-state index in [2.05, 4.69) is 4.72 Å². The van der Waals surface area contributed by atoms with Crippen molar-refractivity contribution in [3.05, 3.63) is 27.2 Å². The Morgan fingerprint density at radius 2 is 1.47 bits per heavy atom. The fraction of sp³-hybridized carbons (Fsp3) is 0.400. The van der Waals surface area contributed by atoms with Gasteiger partial charge in [0.05, 0.1) is 10.0 Å². The number of sulfonamides is 1. The minimum Gasteiger partial charge on any atom is -0.207 e. The van der Waals surface area contributed by atoms with Gasteiger partial charge >= 0.3 is 0 Å². The number of nitrogens with one attached hydrogen (secondary N) is 1. The van der Waals surface area contributed by atoms with Gasteiger partial charge < -0.3 is 0 Å². The normalized spacial score (nSPS) is 12.8. The van der Waals surface area contributed by atoms with Crippen LogP contribution in [-0.2, 0) is 10.0 Å². The second kappa shape index (κ2) is 4.94. The third-order valence-electron chi connectivity index (χ3n) is 1.67. The number of halogens is 3. The molecule has 0 fully saturated rings. The first-order valence-corrected chi connectivity index (χ1v) is 7.33. The Morgan fingerprint density at radius 1 is 1.06 bits per heavy atom. The predicted octanol–water partition coefficient (Wildman–Crippen LogP) is 3.72. The van der Waals surface area contributed by atoms with Gasteiger partial charge in [0.15, 0.2) is 0 Å². The lowest BCUT2D eigenvalue weighted by molar-refractivity contribution is 0.491. The first-order valence-electron chi connectivity index (χ1n) is 4.71. The molecule has 17 heavy (non-hydrogen) atoms. The van der Waals surface area contributed by atoms with E-state index in [1.54, 1.807) is 20.8 Å². The van der Waals surface area contributed by atoms with E-state index >= 15 is 0 Å². The zero-order valence-electron chi connectivity index (χ0n) is 9.51. The molecule has 1 rings (SSSR count). The largest absolute Gasteiger partial charge is 0.244 e. The van der Waals surface area contributed by atoms with E-state index in [0.29, 0.717) is 0 Å². The minimum absolute atomic E-state index is 0.000694. The zero-order valence-corrected chi connectivity index (χ0v) is 12.6. The molecule has 0 aliphatic heterocycles. The molecule has 1 N–H and O–H groups in total. The van der Waals surface area contributed by atoms with Crippen LogP contribution in [0.4, 0.5) is 0 Å². The number of hydrogen-bond acceptors (Lipinski definition) is 2. The van der Waals surface area contributed by atoms with Gasteiger partial charge in [-0.3, -0.25) is 0 Å². The quantitative estimate of drug-likeness (QED) is 0.903. The third kappa shape index (κ3) is 4.00. The van der Waals surface area contributed by atoms with Crippen LogP contribution < -0.4 is 4.72 Å². The van der Waals surface area contributed by atoms with Crippen LogP contribution in [0.1, 0.15) is 20.8 Å². The molecule has 0 bridgehead atoms. The molecule has 0 aliphatic rings. The maximum Gasteiger partial charge on any atom is 0.244 e. The van der Waals surface area contributed by atoms with Gasteiger partial charge in [-0.2, -0.15) is 0 Å². The Kier molecular flexibility index (Phi) is 4.37. The lowest BCUT2D eigenvalue weighted by Crippen LogP contribution is -2.40. The highest BCUT2D eigenvalue weighted by atomic mass is 35.5. The molecule has 0 amide bonds. The van der Waals surface area contributed by atoms with Crippen LogP contribution in [0.25, 0.3) is 0 Å². The summed E-state index contributed by atoms with van der Waals surface area (Å²) < 4.78 is 26.6. The van der Waals surface area contributed by atoms with Gasteiger partial charge in [0.25, 0.3) is 0 Å². The second-order valence-electron chi connectivity index (χ2n) is 4.55. The highest BCUT2D eigenvalue weighted by Gasteiger charge is 2.26. The molecule has 96 valence electrons. The summed E-state index contributed by atoms with van der Waals surface area (Å²) in [5.41, 5.74) is -0.620. The highest BCUT2D eigenvalue weighted by Crippen LogP contribution is 2.33. The van der Waals surface area contributed by atoms with E-state index < -0.39 is 15.6 Å². The summed E-state index contributed by atoms with van der Waals surface area (Å²) in [6.07, 6.45) is 0. The molecular formula is C10H12Cl3NO2S. The molecule has 0 radical (unpaired) electrons. The van der Waals surface area contributed by atoms with E-state index in [4.69, 9.17) is 34.8 Å². The van der Waals surface area contributed by atoms with Crippen molar-refractivity contribution in [1.82, 2.24) is 4.72 Å². The van der Waals surface area contributed by atoms with Gasteiger partial charge in [0, 0.05) is 10.6 Å². The molecule has 7 heteroatoms. The number of hydrogen-bond donors (Lipinski definition) is 1. The first kappa shape index (κ1) is 15.1. The summed E-state index contributed by atoms with van der Waals surface area (Å²) in [7, 11) is -3.77. The smallest absolute Gasteiger partial charge is 0.207 e. The van der Waals surface area contributed by atoms with Crippen LogP contribution >= 0.6 is 34.8 Å². The molecule has 0 atom stereocenters. The molecule has 1 aromatic carbocycles. The maximum atomic E-state index is 12.1. The Morgan fingerprint density at radius 3 is 1.82 bits per heavy atom. The second-order valence-corrected chi connectivity index (χ2v) is 7.42. The molecule has 0 spiro atoms. The van der Waals surface area contributed by atoms with Gasteiger partial charge in [-0.25, -0.2) is 13.1 Å². The van der Waals surface area contributed by atoms with Crippen molar-refractivity contribution >= 4 is 44.8 Å². The number of benzene rings is 1. The average Bonchev–Trinajstić information content (AvgIpc) is 1.93. The van der Waals surface area contributed by atoms with Crippen LogP contribution in [0, 0.1) is 0 Å². The molecule has 0 aliphatic carbocycles. The summed E-state index contributed by atoms with van der Waals surface area (Å²) in [5, 5.41) is 0.285. The van der Waals surface area contributed by atoms with Crippen molar-refractivity contribution in [3.8, 4) is 0 Å². The van der Waals surface area contributed by atoms with Crippen molar-refractivity contribution in [3.63, 3.8) is 0 Å². The van der Waals surface area contributed by atoms with Crippen molar-refractivity contribution in [2.45, 2.75) is 31.2 Å². The molecule has 0 aromatic heterocycles. The standard InChI is InChI=1S/C10H12Cl3NO2S/c1-10(2,3)14-17(15,16)9-7(12)4-6(11)5-8(9)13/h4-5,14H,1-3H3. The summed E-state index contributed by atoms with van der Waals surface area (Å²) in [4.78, 5) is -0.153. The average molecular weight is 317 g/mol. The Hall–Kier alpha value is -0.000000000000000111. The van der Waals surface area contributed by atoms with Crippen molar-refractivity contribution < 1.29 is 8.42 Å². The van der Waals surface area contributed by atoms with E-state index in [1.165, 1.54) is 12.1 Å². The Balaban J connectivity index is 3.35.